The molecule has 4 rings (SSSR count). The molecule has 2 aromatic carbocycles. The minimum atomic E-state index is -0.494. The number of aromatic nitrogens is 2. The number of nitrogens with one attached hydrogen (secondary N) is 2. The third-order valence-corrected chi connectivity index (χ3v) is 5.26. The zero-order chi connectivity index (χ0) is 22.0. The summed E-state index contributed by atoms with van der Waals surface area (Å²) in [6, 6.07) is 7.91. The Balaban J connectivity index is 1.59. The van der Waals surface area contributed by atoms with E-state index in [4.69, 9.17) is 21.1 Å². The molecule has 1 saturated carbocycles. The van der Waals surface area contributed by atoms with E-state index >= 15 is 0 Å². The van der Waals surface area contributed by atoms with Gasteiger partial charge in [0.15, 0.2) is 11.5 Å². The highest BCUT2D eigenvalue weighted by Gasteiger charge is 2.32. The van der Waals surface area contributed by atoms with Crippen molar-refractivity contribution in [1.82, 2.24) is 15.3 Å². The Labute approximate surface area is 183 Å². The van der Waals surface area contributed by atoms with E-state index in [-0.39, 0.29) is 23.7 Å². The number of ether oxygens (including phenoxy) is 2. The van der Waals surface area contributed by atoms with Gasteiger partial charge in [0.2, 0.25) is 5.91 Å². The van der Waals surface area contributed by atoms with E-state index in [0.717, 1.165) is 0 Å². The monoisotopic (exact) mass is 442 g/mol. The fourth-order valence-corrected chi connectivity index (χ4v) is 3.51. The van der Waals surface area contributed by atoms with Crippen LogP contribution >= 0.6 is 11.6 Å². The quantitative estimate of drug-likeness (QED) is 0.528. The second-order valence-corrected chi connectivity index (χ2v) is 7.55. The largest absolute Gasteiger partial charge is 0.493 e. The molecule has 0 aliphatic heterocycles. The minimum Gasteiger partial charge on any atom is -0.493 e. The van der Waals surface area contributed by atoms with E-state index in [9.17, 15) is 9.18 Å². The molecule has 1 aliphatic carbocycles. The molecule has 9 heteroatoms. The van der Waals surface area contributed by atoms with Crippen LogP contribution in [0, 0.1) is 5.82 Å². The van der Waals surface area contributed by atoms with Gasteiger partial charge in [-0.05, 0) is 30.3 Å². The Morgan fingerprint density at radius 2 is 2.06 bits per heavy atom. The number of hydrogen-bond donors (Lipinski definition) is 2. The van der Waals surface area contributed by atoms with Gasteiger partial charge in [-0.3, -0.25) is 4.79 Å². The molecule has 2 N–H and O–H groups in total. The van der Waals surface area contributed by atoms with Crippen LogP contribution in [0.3, 0.4) is 0 Å². The summed E-state index contributed by atoms with van der Waals surface area (Å²) < 4.78 is 25.8. The van der Waals surface area contributed by atoms with Crippen LogP contribution < -0.4 is 20.1 Å². The molecule has 3 aromatic rings. The number of fused-ring (bicyclic) bond motifs is 1. The van der Waals surface area contributed by atoms with Gasteiger partial charge >= 0.3 is 0 Å². The molecular formula is C22H20ClFN4O3. The molecule has 0 unspecified atom stereocenters. The van der Waals surface area contributed by atoms with E-state index in [1.54, 1.807) is 31.4 Å². The number of methoxy groups -OCH3 is 1. The van der Waals surface area contributed by atoms with Crippen molar-refractivity contribution in [2.75, 3.05) is 12.4 Å². The molecule has 7 nitrogen and oxygen atoms in total. The third-order valence-electron chi connectivity index (χ3n) is 5.03. The zero-order valence-corrected chi connectivity index (χ0v) is 17.4. The lowest BCUT2D eigenvalue weighted by atomic mass is 9.89. The molecule has 0 radical (unpaired) electrons. The van der Waals surface area contributed by atoms with Gasteiger partial charge in [0.05, 0.1) is 18.3 Å². The van der Waals surface area contributed by atoms with Crippen molar-refractivity contribution >= 4 is 39.9 Å². The van der Waals surface area contributed by atoms with Crippen molar-refractivity contribution < 1.29 is 18.7 Å². The Morgan fingerprint density at radius 3 is 2.77 bits per heavy atom. The maximum atomic E-state index is 14.2. The number of nitrogens with zero attached hydrogens (tertiary/aromatic N) is 2. The standard InChI is InChI=1S/C22H20ClFN4O3/c1-3-21(29)27-13-7-14(8-13)31-20-9-15-18(10-19(20)30-2)25-11-26-22(15)28-17-5-4-12(23)6-16(17)24/h3-6,9-11,13-14H,1,7-8H2,2H3,(H,27,29)(H,25,26,28). The van der Waals surface area contributed by atoms with Crippen LogP contribution in [0.1, 0.15) is 12.8 Å². The van der Waals surface area contributed by atoms with Gasteiger partial charge in [0, 0.05) is 35.4 Å². The van der Waals surface area contributed by atoms with Gasteiger partial charge < -0.3 is 20.1 Å². The summed E-state index contributed by atoms with van der Waals surface area (Å²) >= 11 is 5.83. The van der Waals surface area contributed by atoms with E-state index in [0.29, 0.717) is 46.1 Å². The molecule has 1 aliphatic rings. The highest BCUT2D eigenvalue weighted by atomic mass is 35.5. The molecule has 0 bridgehead atoms. The van der Waals surface area contributed by atoms with E-state index < -0.39 is 5.82 Å². The second kappa shape index (κ2) is 8.77. The SMILES string of the molecule is C=CC(=O)NC1CC(Oc2cc3c(Nc4ccc(Cl)cc4F)ncnc3cc2OC)C1. The lowest BCUT2D eigenvalue weighted by molar-refractivity contribution is -0.118. The van der Waals surface area contributed by atoms with Crippen LogP contribution in [0.5, 0.6) is 11.5 Å². The summed E-state index contributed by atoms with van der Waals surface area (Å²) in [6.07, 6.45) is 3.91. The highest BCUT2D eigenvalue weighted by Crippen LogP contribution is 2.37. The van der Waals surface area contributed by atoms with Crippen LogP contribution in [0.15, 0.2) is 49.3 Å². The van der Waals surface area contributed by atoms with Crippen LogP contribution in [0.2, 0.25) is 5.02 Å². The topological polar surface area (TPSA) is 85.4 Å². The summed E-state index contributed by atoms with van der Waals surface area (Å²) in [4.78, 5) is 19.9. The molecule has 0 saturated heterocycles. The van der Waals surface area contributed by atoms with Crippen LogP contribution in [-0.2, 0) is 4.79 Å². The Hall–Kier alpha value is -3.39. The van der Waals surface area contributed by atoms with E-state index in [1.807, 2.05) is 0 Å². The Morgan fingerprint density at radius 1 is 1.26 bits per heavy atom. The van der Waals surface area contributed by atoms with Crippen molar-refractivity contribution in [2.45, 2.75) is 25.0 Å². The number of benzene rings is 2. The lowest BCUT2D eigenvalue weighted by Crippen LogP contribution is -2.48. The first-order valence-electron chi connectivity index (χ1n) is 9.61. The zero-order valence-electron chi connectivity index (χ0n) is 16.7. The van der Waals surface area contributed by atoms with Gasteiger partial charge in [0.25, 0.3) is 0 Å². The second-order valence-electron chi connectivity index (χ2n) is 7.11. The smallest absolute Gasteiger partial charge is 0.243 e. The molecule has 0 spiro atoms. The van der Waals surface area contributed by atoms with Gasteiger partial charge in [-0.15, -0.1) is 0 Å². The van der Waals surface area contributed by atoms with Gasteiger partial charge in [-0.25, -0.2) is 14.4 Å². The van der Waals surface area contributed by atoms with Crippen molar-refractivity contribution in [3.05, 3.63) is 60.2 Å². The van der Waals surface area contributed by atoms with Gasteiger partial charge in [-0.2, -0.15) is 0 Å². The molecule has 1 heterocycles. The number of rotatable bonds is 7. The molecule has 1 amide bonds. The van der Waals surface area contributed by atoms with Crippen LogP contribution in [0.25, 0.3) is 10.9 Å². The number of carbonyl (C=O) groups is 1. The predicted molar refractivity (Wildman–Crippen MR) is 117 cm³/mol. The summed E-state index contributed by atoms with van der Waals surface area (Å²) in [6.45, 7) is 3.45. The summed E-state index contributed by atoms with van der Waals surface area (Å²) in [7, 11) is 1.55. The first kappa shape index (κ1) is 20.9. The maximum absolute atomic E-state index is 14.2. The van der Waals surface area contributed by atoms with Crippen molar-refractivity contribution in [3.63, 3.8) is 0 Å². The normalized spacial score (nSPS) is 17.5. The number of hydrogen-bond acceptors (Lipinski definition) is 6. The summed E-state index contributed by atoms with van der Waals surface area (Å²) in [5.41, 5.74) is 0.850. The fourth-order valence-electron chi connectivity index (χ4n) is 3.35. The molecular weight excluding hydrogens is 423 g/mol. The Kier molecular flexibility index (Phi) is 5.90. The van der Waals surface area contributed by atoms with Crippen molar-refractivity contribution in [2.24, 2.45) is 0 Å². The average Bonchev–Trinajstić information content (AvgIpc) is 2.73. The number of carbonyl (C=O) groups excluding carboxylic acids is 1. The average molecular weight is 443 g/mol. The van der Waals surface area contributed by atoms with Crippen LogP contribution in [-0.4, -0.2) is 35.1 Å². The third kappa shape index (κ3) is 4.54. The fraction of sp³-hybridized carbons (Fsp3) is 0.227. The molecule has 1 aromatic heterocycles. The van der Waals surface area contributed by atoms with Crippen molar-refractivity contribution in [1.29, 1.82) is 0 Å². The van der Waals surface area contributed by atoms with Crippen LogP contribution in [0.4, 0.5) is 15.9 Å². The minimum absolute atomic E-state index is 0.0513. The molecule has 31 heavy (non-hydrogen) atoms. The lowest BCUT2D eigenvalue weighted by Gasteiger charge is -2.35. The number of halogens is 2. The first-order valence-corrected chi connectivity index (χ1v) is 9.99. The first-order chi connectivity index (χ1) is 15.0. The summed E-state index contributed by atoms with van der Waals surface area (Å²) in [5, 5.41) is 6.77. The maximum Gasteiger partial charge on any atom is 0.243 e. The molecule has 0 atom stereocenters. The molecule has 1 fully saturated rings. The van der Waals surface area contributed by atoms with Crippen molar-refractivity contribution in [3.8, 4) is 11.5 Å². The van der Waals surface area contributed by atoms with Gasteiger partial charge in [0.1, 0.15) is 24.1 Å². The summed E-state index contributed by atoms with van der Waals surface area (Å²) in [5.74, 6) is 0.764. The Bertz CT molecular complexity index is 1150. The predicted octanol–water partition coefficient (Wildman–Crippen LogP) is 4.39. The molecule has 160 valence electrons. The number of amides is 1. The van der Waals surface area contributed by atoms with E-state index in [2.05, 4.69) is 27.2 Å². The van der Waals surface area contributed by atoms with Gasteiger partial charge in [-0.1, -0.05) is 18.2 Å². The van der Waals surface area contributed by atoms with E-state index in [1.165, 1.54) is 18.5 Å². The highest BCUT2D eigenvalue weighted by molar-refractivity contribution is 6.30. The number of anilines is 2.